The third kappa shape index (κ3) is 4.46. The molecule has 1 aromatic rings. The van der Waals surface area contributed by atoms with E-state index in [0.29, 0.717) is 6.42 Å². The van der Waals surface area contributed by atoms with Gasteiger partial charge < -0.3 is 10.1 Å². The van der Waals surface area contributed by atoms with Gasteiger partial charge in [0.05, 0.1) is 13.2 Å². The molecule has 3 nitrogen and oxygen atoms in total. The molecule has 1 rings (SSSR count). The van der Waals surface area contributed by atoms with Crippen molar-refractivity contribution in [2.45, 2.75) is 32.7 Å². The number of unbranched alkanes of at least 4 members (excludes halogenated alkanes) is 1. The minimum absolute atomic E-state index is 0.610. The molecule has 0 atom stereocenters. The van der Waals surface area contributed by atoms with E-state index < -0.39 is 0 Å². The molecule has 3 heteroatoms. The first-order valence-electron chi connectivity index (χ1n) is 6.05. The summed E-state index contributed by atoms with van der Waals surface area (Å²) in [5.74, 6) is 0.926. The lowest BCUT2D eigenvalue weighted by Gasteiger charge is -2.11. The zero-order chi connectivity index (χ0) is 12.5. The molecule has 0 radical (unpaired) electrons. The molecule has 0 aliphatic rings. The molecular weight excluding hydrogens is 212 g/mol. The average molecular weight is 232 g/mol. The smallest absolute Gasteiger partial charge is 0.123 e. The first kappa shape index (κ1) is 13.5. The Kier molecular flexibility index (Phi) is 6.13. The Morgan fingerprint density at radius 1 is 1.41 bits per heavy atom. The predicted octanol–water partition coefficient (Wildman–Crippen LogP) is 2.65. The third-order valence-electron chi connectivity index (χ3n) is 2.71. The van der Waals surface area contributed by atoms with Gasteiger partial charge in [0.2, 0.25) is 0 Å². The van der Waals surface area contributed by atoms with Crippen LogP contribution in [0.25, 0.3) is 0 Å². The molecule has 0 aromatic heterocycles. The summed E-state index contributed by atoms with van der Waals surface area (Å²) in [5, 5.41) is 11.8. The molecule has 17 heavy (non-hydrogen) atoms. The number of benzene rings is 1. The van der Waals surface area contributed by atoms with E-state index in [1.165, 1.54) is 11.1 Å². The maximum Gasteiger partial charge on any atom is 0.123 e. The SMILES string of the molecule is CCc1ccc(OC)c(CNCCCC#N)c1. The highest BCUT2D eigenvalue weighted by atomic mass is 16.5. The Hall–Kier alpha value is -1.53. The maximum absolute atomic E-state index is 8.44. The van der Waals surface area contributed by atoms with Crippen LogP contribution in [0, 0.1) is 11.3 Å². The number of rotatable bonds is 7. The Bertz CT molecular complexity index is 382. The highest BCUT2D eigenvalue weighted by Crippen LogP contribution is 2.19. The molecule has 0 saturated heterocycles. The molecule has 0 aliphatic heterocycles. The van der Waals surface area contributed by atoms with Gasteiger partial charge in [-0.25, -0.2) is 0 Å². The Balaban J connectivity index is 2.53. The van der Waals surface area contributed by atoms with Crippen LogP contribution in [0.2, 0.25) is 0 Å². The van der Waals surface area contributed by atoms with Gasteiger partial charge in [-0.3, -0.25) is 0 Å². The number of hydrogen-bond acceptors (Lipinski definition) is 3. The Morgan fingerprint density at radius 3 is 2.88 bits per heavy atom. The monoisotopic (exact) mass is 232 g/mol. The van der Waals surface area contributed by atoms with Crippen molar-refractivity contribution in [1.29, 1.82) is 5.26 Å². The van der Waals surface area contributed by atoms with Crippen molar-refractivity contribution >= 4 is 0 Å². The number of nitrogens with zero attached hydrogens (tertiary/aromatic N) is 1. The van der Waals surface area contributed by atoms with E-state index in [1.54, 1.807) is 7.11 Å². The van der Waals surface area contributed by atoms with Gasteiger partial charge in [-0.15, -0.1) is 0 Å². The van der Waals surface area contributed by atoms with Gasteiger partial charge in [0.1, 0.15) is 5.75 Å². The van der Waals surface area contributed by atoms with Crippen molar-refractivity contribution in [2.24, 2.45) is 0 Å². The summed E-state index contributed by atoms with van der Waals surface area (Å²) in [5.41, 5.74) is 2.50. The van der Waals surface area contributed by atoms with E-state index in [9.17, 15) is 0 Å². The van der Waals surface area contributed by atoms with Gasteiger partial charge in [-0.05, 0) is 31.0 Å². The second kappa shape index (κ2) is 7.70. The fourth-order valence-electron chi connectivity index (χ4n) is 1.71. The molecular formula is C14H20N2O. The zero-order valence-corrected chi connectivity index (χ0v) is 10.6. The molecule has 0 aliphatic carbocycles. The van der Waals surface area contributed by atoms with Crippen LogP contribution in [0.1, 0.15) is 30.9 Å². The lowest BCUT2D eigenvalue weighted by atomic mass is 10.1. The van der Waals surface area contributed by atoms with Crippen LogP contribution in [0.4, 0.5) is 0 Å². The summed E-state index contributed by atoms with van der Waals surface area (Å²) < 4.78 is 5.33. The first-order chi connectivity index (χ1) is 8.31. The molecule has 0 amide bonds. The van der Waals surface area contributed by atoms with E-state index in [0.717, 1.165) is 31.7 Å². The normalized spacial score (nSPS) is 9.94. The molecule has 1 N–H and O–H groups in total. The van der Waals surface area contributed by atoms with E-state index >= 15 is 0 Å². The number of nitriles is 1. The van der Waals surface area contributed by atoms with Gasteiger partial charge >= 0.3 is 0 Å². The van der Waals surface area contributed by atoms with Gasteiger partial charge in [0.15, 0.2) is 0 Å². The largest absolute Gasteiger partial charge is 0.496 e. The Morgan fingerprint density at radius 2 is 2.24 bits per heavy atom. The number of nitrogens with one attached hydrogen (secondary N) is 1. The first-order valence-corrected chi connectivity index (χ1v) is 6.05. The third-order valence-corrected chi connectivity index (χ3v) is 2.71. The van der Waals surface area contributed by atoms with E-state index in [1.807, 2.05) is 6.07 Å². The lowest BCUT2D eigenvalue weighted by Crippen LogP contribution is -2.15. The van der Waals surface area contributed by atoms with Crippen LogP contribution in [-0.2, 0) is 13.0 Å². The second-order valence-corrected chi connectivity index (χ2v) is 3.94. The van der Waals surface area contributed by atoms with Crippen LogP contribution in [0.5, 0.6) is 5.75 Å². The number of methoxy groups -OCH3 is 1. The maximum atomic E-state index is 8.44. The van der Waals surface area contributed by atoms with E-state index in [2.05, 4.69) is 30.4 Å². The average Bonchev–Trinajstić information content (AvgIpc) is 2.38. The topological polar surface area (TPSA) is 45.0 Å². The van der Waals surface area contributed by atoms with Gasteiger partial charge in [0.25, 0.3) is 0 Å². The highest BCUT2D eigenvalue weighted by molar-refractivity contribution is 5.37. The van der Waals surface area contributed by atoms with Gasteiger partial charge in [-0.2, -0.15) is 5.26 Å². The molecule has 1 aromatic carbocycles. The van der Waals surface area contributed by atoms with Crippen LogP contribution < -0.4 is 10.1 Å². The molecule has 0 unspecified atom stereocenters. The number of hydrogen-bond donors (Lipinski definition) is 1. The fourth-order valence-corrected chi connectivity index (χ4v) is 1.71. The fraction of sp³-hybridized carbons (Fsp3) is 0.500. The quantitative estimate of drug-likeness (QED) is 0.735. The van der Waals surface area contributed by atoms with Crippen molar-refractivity contribution in [1.82, 2.24) is 5.32 Å². The second-order valence-electron chi connectivity index (χ2n) is 3.94. The zero-order valence-electron chi connectivity index (χ0n) is 10.6. The molecule has 0 bridgehead atoms. The van der Waals surface area contributed by atoms with E-state index in [-0.39, 0.29) is 0 Å². The predicted molar refractivity (Wildman–Crippen MR) is 68.9 cm³/mol. The van der Waals surface area contributed by atoms with Crippen LogP contribution in [0.3, 0.4) is 0 Å². The number of ether oxygens (including phenoxy) is 1. The summed E-state index contributed by atoms with van der Waals surface area (Å²) >= 11 is 0. The summed E-state index contributed by atoms with van der Waals surface area (Å²) in [6.07, 6.45) is 2.54. The van der Waals surface area contributed by atoms with Crippen molar-refractivity contribution in [2.75, 3.05) is 13.7 Å². The minimum atomic E-state index is 0.610. The van der Waals surface area contributed by atoms with Crippen LogP contribution >= 0.6 is 0 Å². The summed E-state index contributed by atoms with van der Waals surface area (Å²) in [4.78, 5) is 0. The molecule has 0 spiro atoms. The van der Waals surface area contributed by atoms with Crippen molar-refractivity contribution in [3.05, 3.63) is 29.3 Å². The minimum Gasteiger partial charge on any atom is -0.496 e. The van der Waals surface area contributed by atoms with Crippen molar-refractivity contribution in [3.63, 3.8) is 0 Å². The highest BCUT2D eigenvalue weighted by Gasteiger charge is 2.03. The van der Waals surface area contributed by atoms with Gasteiger partial charge in [-0.1, -0.05) is 19.1 Å². The standard InChI is InChI=1S/C14H20N2O/c1-3-12-6-7-14(17-2)13(10-12)11-16-9-5-4-8-15/h6-7,10,16H,3-5,9,11H2,1-2H3. The number of aryl methyl sites for hydroxylation is 1. The molecule has 0 saturated carbocycles. The van der Waals surface area contributed by atoms with Gasteiger partial charge in [0, 0.05) is 18.5 Å². The lowest BCUT2D eigenvalue weighted by molar-refractivity contribution is 0.407. The summed E-state index contributed by atoms with van der Waals surface area (Å²) in [6, 6.07) is 8.43. The Labute approximate surface area is 103 Å². The van der Waals surface area contributed by atoms with Crippen LogP contribution in [0.15, 0.2) is 18.2 Å². The molecule has 92 valence electrons. The molecule has 0 heterocycles. The summed E-state index contributed by atoms with van der Waals surface area (Å²) in [6.45, 7) is 3.81. The van der Waals surface area contributed by atoms with Crippen molar-refractivity contribution in [3.8, 4) is 11.8 Å². The molecule has 0 fully saturated rings. The summed E-state index contributed by atoms with van der Waals surface area (Å²) in [7, 11) is 1.69. The van der Waals surface area contributed by atoms with Crippen LogP contribution in [-0.4, -0.2) is 13.7 Å². The van der Waals surface area contributed by atoms with Crippen molar-refractivity contribution < 1.29 is 4.74 Å². The van der Waals surface area contributed by atoms with E-state index in [4.69, 9.17) is 10.00 Å².